The van der Waals surface area contributed by atoms with E-state index in [1.807, 2.05) is 0 Å². The van der Waals surface area contributed by atoms with Gasteiger partial charge in [-0.1, -0.05) is 19.6 Å². The van der Waals surface area contributed by atoms with Crippen LogP contribution in [0.4, 0.5) is 0 Å². The topological polar surface area (TPSA) is 21.6 Å². The highest BCUT2D eigenvalue weighted by Gasteiger charge is 2.24. The summed E-state index contributed by atoms with van der Waals surface area (Å²) in [5.41, 5.74) is 0. The molecule has 1 aliphatic rings. The van der Waals surface area contributed by atoms with Crippen LogP contribution in [0, 0.1) is 0 Å². The predicted octanol–water partition coefficient (Wildman–Crippen LogP) is 1.64. The lowest BCUT2D eigenvalue weighted by Gasteiger charge is -2.12. The van der Waals surface area contributed by atoms with Crippen molar-refractivity contribution in [2.75, 3.05) is 6.61 Å². The molecule has 0 unspecified atom stereocenters. The first kappa shape index (κ1) is 6.80. The molecule has 52 valence electrons. The number of hydrogen-bond donors (Lipinski definition) is 0. The molecule has 1 heterocycles. The van der Waals surface area contributed by atoms with Crippen LogP contribution in [0.2, 0.25) is 19.6 Å². The Balaban J connectivity index is 2.61. The Hall–Kier alpha value is -0.313. The summed E-state index contributed by atoms with van der Waals surface area (Å²) in [6, 6.07) is 0. The van der Waals surface area contributed by atoms with Crippen molar-refractivity contribution in [3.05, 3.63) is 0 Å². The van der Waals surface area contributed by atoms with Crippen LogP contribution < -0.4 is 0 Å². The molecule has 0 fully saturated rings. The van der Waals surface area contributed by atoms with Gasteiger partial charge in [0.05, 0.1) is 0 Å². The van der Waals surface area contributed by atoms with Crippen molar-refractivity contribution in [1.82, 2.24) is 0 Å². The van der Waals surface area contributed by atoms with Crippen LogP contribution in [0.15, 0.2) is 5.16 Å². The van der Waals surface area contributed by atoms with Crippen molar-refractivity contribution in [3.8, 4) is 0 Å². The second kappa shape index (κ2) is 2.14. The van der Waals surface area contributed by atoms with Gasteiger partial charge in [-0.15, -0.1) is 5.16 Å². The fourth-order valence-electron chi connectivity index (χ4n) is 0.823. The van der Waals surface area contributed by atoms with Crippen molar-refractivity contribution in [2.45, 2.75) is 26.1 Å². The van der Waals surface area contributed by atoms with Gasteiger partial charge in [0.25, 0.3) is 0 Å². The Kier molecular flexibility index (Phi) is 1.61. The van der Waals surface area contributed by atoms with E-state index in [1.54, 1.807) is 0 Å². The van der Waals surface area contributed by atoms with Gasteiger partial charge in [0.1, 0.15) is 14.7 Å². The normalized spacial score (nSPS) is 19.2. The van der Waals surface area contributed by atoms with Gasteiger partial charge in [-0.2, -0.15) is 0 Å². The highest BCUT2D eigenvalue weighted by Crippen LogP contribution is 2.12. The number of rotatable bonds is 1. The quantitative estimate of drug-likeness (QED) is 0.511. The van der Waals surface area contributed by atoms with Gasteiger partial charge in [-0.25, -0.2) is 0 Å². The zero-order valence-corrected chi connectivity index (χ0v) is 7.27. The summed E-state index contributed by atoms with van der Waals surface area (Å²) in [5.74, 6) is 0. The molecule has 0 aliphatic carbocycles. The monoisotopic (exact) mass is 143 g/mol. The second-order valence-corrected chi connectivity index (χ2v) is 8.45. The Morgan fingerprint density at radius 3 is 2.33 bits per heavy atom. The molecular formula is C6H13NOSi. The van der Waals surface area contributed by atoms with Crippen molar-refractivity contribution < 1.29 is 4.84 Å². The van der Waals surface area contributed by atoms with E-state index in [9.17, 15) is 0 Å². The Morgan fingerprint density at radius 1 is 1.44 bits per heavy atom. The van der Waals surface area contributed by atoms with E-state index in [0.29, 0.717) is 0 Å². The predicted molar refractivity (Wildman–Crippen MR) is 41.4 cm³/mol. The summed E-state index contributed by atoms with van der Waals surface area (Å²) in [7, 11) is -1.10. The number of nitrogens with zero attached hydrogens (tertiary/aromatic N) is 1. The van der Waals surface area contributed by atoms with Crippen LogP contribution in [-0.4, -0.2) is 20.0 Å². The summed E-state index contributed by atoms with van der Waals surface area (Å²) in [6.45, 7) is 7.68. The van der Waals surface area contributed by atoms with E-state index in [1.165, 1.54) is 5.33 Å². The van der Waals surface area contributed by atoms with Crippen LogP contribution in [-0.2, 0) is 4.84 Å². The average Bonchev–Trinajstić information content (AvgIpc) is 2.08. The molecule has 3 heteroatoms. The largest absolute Gasteiger partial charge is 0.396 e. The smallest absolute Gasteiger partial charge is 0.122 e. The van der Waals surface area contributed by atoms with Crippen molar-refractivity contribution in [3.63, 3.8) is 0 Å². The molecule has 1 rings (SSSR count). The summed E-state index contributed by atoms with van der Waals surface area (Å²) in [6.07, 6.45) is 1.07. The Morgan fingerprint density at radius 2 is 2.11 bits per heavy atom. The molecule has 0 radical (unpaired) electrons. The molecule has 0 N–H and O–H groups in total. The van der Waals surface area contributed by atoms with Crippen LogP contribution in [0.5, 0.6) is 0 Å². The van der Waals surface area contributed by atoms with Gasteiger partial charge < -0.3 is 4.84 Å². The van der Waals surface area contributed by atoms with E-state index in [2.05, 4.69) is 24.8 Å². The maximum atomic E-state index is 4.91. The third kappa shape index (κ3) is 1.54. The molecule has 0 atom stereocenters. The SMILES string of the molecule is C[Si](C)(C)C1=NOCC1. The zero-order chi connectivity index (χ0) is 6.91. The molecule has 1 aliphatic heterocycles. The van der Waals surface area contributed by atoms with Gasteiger partial charge in [-0.05, 0) is 0 Å². The molecule has 0 amide bonds. The standard InChI is InChI=1S/C6H13NOSi/c1-9(2,3)6-4-5-8-7-6/h4-5H2,1-3H3. The first-order valence-corrected chi connectivity index (χ1v) is 6.80. The minimum Gasteiger partial charge on any atom is -0.396 e. The first-order valence-electron chi connectivity index (χ1n) is 3.30. The lowest BCUT2D eigenvalue weighted by atomic mass is 10.5. The van der Waals surface area contributed by atoms with Gasteiger partial charge in [0, 0.05) is 11.8 Å². The van der Waals surface area contributed by atoms with Gasteiger partial charge in [0.15, 0.2) is 0 Å². The maximum Gasteiger partial charge on any atom is 0.122 e. The van der Waals surface area contributed by atoms with Crippen LogP contribution in [0.3, 0.4) is 0 Å². The molecular weight excluding hydrogens is 130 g/mol. The van der Waals surface area contributed by atoms with Crippen LogP contribution in [0.1, 0.15) is 6.42 Å². The second-order valence-electron chi connectivity index (χ2n) is 3.37. The van der Waals surface area contributed by atoms with Crippen molar-refractivity contribution in [1.29, 1.82) is 0 Å². The van der Waals surface area contributed by atoms with Crippen molar-refractivity contribution >= 4 is 13.4 Å². The minimum atomic E-state index is -1.10. The molecule has 9 heavy (non-hydrogen) atoms. The minimum absolute atomic E-state index is 0.805. The zero-order valence-electron chi connectivity index (χ0n) is 6.27. The molecule has 0 saturated heterocycles. The lowest BCUT2D eigenvalue weighted by Crippen LogP contribution is -2.31. The fraction of sp³-hybridized carbons (Fsp3) is 0.833. The van der Waals surface area contributed by atoms with E-state index in [-0.39, 0.29) is 0 Å². The highest BCUT2D eigenvalue weighted by molar-refractivity contribution is 7.04. The lowest BCUT2D eigenvalue weighted by molar-refractivity contribution is 0.174. The number of hydrogen-bond acceptors (Lipinski definition) is 2. The summed E-state index contributed by atoms with van der Waals surface area (Å²) >= 11 is 0. The van der Waals surface area contributed by atoms with E-state index in [4.69, 9.17) is 4.84 Å². The van der Waals surface area contributed by atoms with Crippen LogP contribution >= 0.6 is 0 Å². The number of oxime groups is 1. The van der Waals surface area contributed by atoms with E-state index < -0.39 is 8.07 Å². The summed E-state index contributed by atoms with van der Waals surface area (Å²) in [4.78, 5) is 4.91. The molecule has 0 spiro atoms. The van der Waals surface area contributed by atoms with Crippen LogP contribution in [0.25, 0.3) is 0 Å². The molecule has 2 nitrogen and oxygen atoms in total. The Labute approximate surface area is 56.9 Å². The third-order valence-electron chi connectivity index (χ3n) is 1.47. The molecule has 0 aromatic heterocycles. The first-order chi connectivity index (χ1) is 4.11. The maximum absolute atomic E-state index is 4.91. The highest BCUT2D eigenvalue weighted by atomic mass is 28.3. The van der Waals surface area contributed by atoms with Gasteiger partial charge in [-0.3, -0.25) is 0 Å². The average molecular weight is 143 g/mol. The molecule has 0 saturated carbocycles. The third-order valence-corrected chi connectivity index (χ3v) is 3.54. The van der Waals surface area contributed by atoms with Crippen molar-refractivity contribution in [2.24, 2.45) is 5.16 Å². The molecule has 0 bridgehead atoms. The summed E-state index contributed by atoms with van der Waals surface area (Å²) < 4.78 is 0. The molecule has 0 aromatic rings. The fourth-order valence-corrected chi connectivity index (χ4v) is 2.01. The van der Waals surface area contributed by atoms with E-state index >= 15 is 0 Å². The summed E-state index contributed by atoms with van der Waals surface area (Å²) in [5, 5.41) is 5.31. The van der Waals surface area contributed by atoms with E-state index in [0.717, 1.165) is 13.0 Å². The van der Waals surface area contributed by atoms with Gasteiger partial charge >= 0.3 is 0 Å². The van der Waals surface area contributed by atoms with Gasteiger partial charge in [0.2, 0.25) is 0 Å². The molecule has 0 aromatic carbocycles. The Bertz CT molecular complexity index is 136.